The number of carbonyl (C=O) groups is 1. The molecule has 7 nitrogen and oxygen atoms in total. The van der Waals surface area contributed by atoms with Gasteiger partial charge in [-0.05, 0) is 54.6 Å². The Labute approximate surface area is 185 Å². The molecular formula is C24H24FN3O4. The summed E-state index contributed by atoms with van der Waals surface area (Å²) in [6, 6.07) is 16.5. The van der Waals surface area contributed by atoms with Crippen molar-refractivity contribution in [1.29, 1.82) is 0 Å². The summed E-state index contributed by atoms with van der Waals surface area (Å²) in [7, 11) is 1.96. The first-order valence-corrected chi connectivity index (χ1v) is 10.00. The van der Waals surface area contributed by atoms with Crippen molar-refractivity contribution in [3.8, 4) is 5.75 Å². The molecule has 2 aromatic carbocycles. The predicted octanol–water partition coefficient (Wildman–Crippen LogP) is 3.85. The van der Waals surface area contributed by atoms with E-state index < -0.39 is 5.97 Å². The van der Waals surface area contributed by atoms with E-state index in [1.807, 2.05) is 31.3 Å². The standard InChI is InChI=1S/C24H24FN3O4/c1-28(16-17-5-7-20(25)8-6-17)11-12-32-21-4-2-3-18(13-21)14-23(27-31)22-15-19(24(29)30)9-10-26-22/h2-10,13,15,31H,11-12,14,16H2,1H3,(H,29,30)/b27-23+. The van der Waals surface area contributed by atoms with Gasteiger partial charge in [0, 0.05) is 25.7 Å². The quantitative estimate of drug-likeness (QED) is 0.284. The first kappa shape index (κ1) is 22.9. The third kappa shape index (κ3) is 6.61. The maximum absolute atomic E-state index is 13.0. The van der Waals surface area contributed by atoms with Gasteiger partial charge in [-0.1, -0.05) is 29.4 Å². The van der Waals surface area contributed by atoms with E-state index in [0.717, 1.165) is 11.1 Å². The van der Waals surface area contributed by atoms with Crippen molar-refractivity contribution in [2.24, 2.45) is 5.16 Å². The average Bonchev–Trinajstić information content (AvgIpc) is 2.79. The molecule has 1 aromatic heterocycles. The van der Waals surface area contributed by atoms with Crippen LogP contribution in [0.15, 0.2) is 72.0 Å². The topological polar surface area (TPSA) is 95.2 Å². The average molecular weight is 437 g/mol. The number of ether oxygens (including phenoxy) is 1. The van der Waals surface area contributed by atoms with Crippen molar-refractivity contribution in [3.05, 3.63) is 95.1 Å². The Morgan fingerprint density at radius 2 is 1.91 bits per heavy atom. The second-order valence-corrected chi connectivity index (χ2v) is 7.32. The number of likely N-dealkylation sites (N-methyl/N-ethyl adjacent to an activating group) is 1. The van der Waals surface area contributed by atoms with Gasteiger partial charge in [0.1, 0.15) is 23.9 Å². The van der Waals surface area contributed by atoms with Crippen LogP contribution < -0.4 is 4.74 Å². The molecule has 0 saturated heterocycles. The maximum atomic E-state index is 13.0. The first-order valence-electron chi connectivity index (χ1n) is 10.00. The third-order valence-corrected chi connectivity index (χ3v) is 4.80. The van der Waals surface area contributed by atoms with Crippen LogP contribution in [0.25, 0.3) is 0 Å². The van der Waals surface area contributed by atoms with Gasteiger partial charge in [-0.2, -0.15) is 0 Å². The summed E-state index contributed by atoms with van der Waals surface area (Å²) in [6.07, 6.45) is 1.63. The Hall–Kier alpha value is -3.78. The van der Waals surface area contributed by atoms with Crippen LogP contribution in [0.4, 0.5) is 4.39 Å². The summed E-state index contributed by atoms with van der Waals surface area (Å²) < 4.78 is 18.9. The zero-order chi connectivity index (χ0) is 22.9. The van der Waals surface area contributed by atoms with Gasteiger partial charge < -0.3 is 15.1 Å². The molecule has 3 rings (SSSR count). The summed E-state index contributed by atoms with van der Waals surface area (Å²) in [4.78, 5) is 17.4. The van der Waals surface area contributed by atoms with Gasteiger partial charge in [0.05, 0.1) is 11.3 Å². The number of oxime groups is 1. The van der Waals surface area contributed by atoms with E-state index in [0.29, 0.717) is 31.1 Å². The maximum Gasteiger partial charge on any atom is 0.335 e. The van der Waals surface area contributed by atoms with E-state index >= 15 is 0 Å². The molecule has 32 heavy (non-hydrogen) atoms. The molecule has 0 amide bonds. The molecule has 0 saturated carbocycles. The number of nitrogens with zero attached hydrogens (tertiary/aromatic N) is 3. The molecule has 0 fully saturated rings. The smallest absolute Gasteiger partial charge is 0.335 e. The third-order valence-electron chi connectivity index (χ3n) is 4.80. The van der Waals surface area contributed by atoms with Crippen LogP contribution in [0.2, 0.25) is 0 Å². The molecule has 0 aliphatic heterocycles. The number of aromatic carboxylic acids is 1. The number of hydrogen-bond acceptors (Lipinski definition) is 6. The van der Waals surface area contributed by atoms with Crippen molar-refractivity contribution in [2.75, 3.05) is 20.2 Å². The normalized spacial score (nSPS) is 11.5. The molecule has 1 heterocycles. The molecule has 0 aliphatic rings. The molecule has 0 unspecified atom stereocenters. The Kier molecular flexibility index (Phi) is 7.88. The van der Waals surface area contributed by atoms with Crippen LogP contribution in [0.5, 0.6) is 5.75 Å². The highest BCUT2D eigenvalue weighted by Gasteiger charge is 2.12. The molecule has 2 N–H and O–H groups in total. The molecule has 8 heteroatoms. The Morgan fingerprint density at radius 3 is 2.62 bits per heavy atom. The van der Waals surface area contributed by atoms with E-state index in [1.54, 1.807) is 12.1 Å². The van der Waals surface area contributed by atoms with Crippen LogP contribution in [0.1, 0.15) is 27.2 Å². The molecular weight excluding hydrogens is 413 g/mol. The molecule has 0 atom stereocenters. The van der Waals surface area contributed by atoms with Crippen LogP contribution in [0, 0.1) is 5.82 Å². The number of carboxylic acid groups (broad SMARTS) is 1. The van der Waals surface area contributed by atoms with Crippen molar-refractivity contribution in [1.82, 2.24) is 9.88 Å². The van der Waals surface area contributed by atoms with E-state index in [9.17, 15) is 14.4 Å². The fraction of sp³-hybridized carbons (Fsp3) is 0.208. The highest BCUT2D eigenvalue weighted by molar-refractivity contribution is 6.01. The summed E-state index contributed by atoms with van der Waals surface area (Å²) >= 11 is 0. The number of pyridine rings is 1. The monoisotopic (exact) mass is 437 g/mol. The highest BCUT2D eigenvalue weighted by Crippen LogP contribution is 2.16. The number of halogens is 1. The van der Waals surface area contributed by atoms with Gasteiger partial charge in [0.2, 0.25) is 0 Å². The number of benzene rings is 2. The molecule has 3 aromatic rings. The second-order valence-electron chi connectivity index (χ2n) is 7.32. The van der Waals surface area contributed by atoms with Crippen LogP contribution in [0.3, 0.4) is 0 Å². The van der Waals surface area contributed by atoms with Crippen LogP contribution in [-0.2, 0) is 13.0 Å². The van der Waals surface area contributed by atoms with Crippen LogP contribution in [-0.4, -0.2) is 52.1 Å². The van der Waals surface area contributed by atoms with Crippen molar-refractivity contribution in [2.45, 2.75) is 13.0 Å². The fourth-order valence-electron chi connectivity index (χ4n) is 3.14. The molecule has 0 bridgehead atoms. The SMILES string of the molecule is CN(CCOc1cccc(C/C(=N\O)c2cc(C(=O)O)ccn2)c1)Cc1ccc(F)cc1. The van der Waals surface area contributed by atoms with E-state index in [-0.39, 0.29) is 23.5 Å². The minimum absolute atomic E-state index is 0.0676. The largest absolute Gasteiger partial charge is 0.492 e. The summed E-state index contributed by atoms with van der Waals surface area (Å²) in [5.74, 6) is -0.660. The van der Waals surface area contributed by atoms with Crippen LogP contribution >= 0.6 is 0 Å². The molecule has 0 radical (unpaired) electrons. The summed E-state index contributed by atoms with van der Waals surface area (Å²) in [5, 5.41) is 21.9. The zero-order valence-electron chi connectivity index (χ0n) is 17.6. The van der Waals surface area contributed by atoms with Gasteiger partial charge >= 0.3 is 5.97 Å². The van der Waals surface area contributed by atoms with Crippen molar-refractivity contribution < 1.29 is 24.2 Å². The number of carboxylic acids is 1. The van der Waals surface area contributed by atoms with Gasteiger partial charge in [0.15, 0.2) is 0 Å². The van der Waals surface area contributed by atoms with Gasteiger partial charge in [0.25, 0.3) is 0 Å². The Bertz CT molecular complexity index is 1090. The summed E-state index contributed by atoms with van der Waals surface area (Å²) in [5.41, 5.74) is 2.47. The minimum Gasteiger partial charge on any atom is -0.492 e. The van der Waals surface area contributed by atoms with E-state index in [1.165, 1.54) is 30.5 Å². The second kappa shape index (κ2) is 11.0. The molecule has 0 aliphatic carbocycles. The fourth-order valence-corrected chi connectivity index (χ4v) is 3.14. The van der Waals surface area contributed by atoms with E-state index in [2.05, 4.69) is 15.0 Å². The van der Waals surface area contributed by atoms with Crippen molar-refractivity contribution in [3.63, 3.8) is 0 Å². The molecule has 0 spiro atoms. The van der Waals surface area contributed by atoms with Gasteiger partial charge in [-0.15, -0.1) is 0 Å². The van der Waals surface area contributed by atoms with Crippen molar-refractivity contribution >= 4 is 11.7 Å². The minimum atomic E-state index is -1.08. The van der Waals surface area contributed by atoms with E-state index in [4.69, 9.17) is 9.84 Å². The summed E-state index contributed by atoms with van der Waals surface area (Å²) in [6.45, 7) is 1.82. The number of hydrogen-bond donors (Lipinski definition) is 2. The first-order chi connectivity index (χ1) is 15.4. The Morgan fingerprint density at radius 1 is 1.12 bits per heavy atom. The van der Waals surface area contributed by atoms with Gasteiger partial charge in [-0.25, -0.2) is 9.18 Å². The lowest BCUT2D eigenvalue weighted by molar-refractivity contribution is 0.0696. The highest BCUT2D eigenvalue weighted by atomic mass is 19.1. The Balaban J connectivity index is 1.56. The lowest BCUT2D eigenvalue weighted by atomic mass is 10.0. The lowest BCUT2D eigenvalue weighted by Gasteiger charge is -2.17. The zero-order valence-corrected chi connectivity index (χ0v) is 17.6. The number of aromatic nitrogens is 1. The lowest BCUT2D eigenvalue weighted by Crippen LogP contribution is -2.23. The number of rotatable bonds is 10. The van der Waals surface area contributed by atoms with Gasteiger partial charge in [-0.3, -0.25) is 9.88 Å². The predicted molar refractivity (Wildman–Crippen MR) is 118 cm³/mol. The molecule has 166 valence electrons.